The molecule has 140 valence electrons. The highest BCUT2D eigenvalue weighted by molar-refractivity contribution is 5.52. The van der Waals surface area contributed by atoms with Gasteiger partial charge in [-0.15, -0.1) is 0 Å². The van der Waals surface area contributed by atoms with Gasteiger partial charge in [-0.05, 0) is 56.2 Å². The van der Waals surface area contributed by atoms with Crippen LogP contribution in [0.15, 0.2) is 47.5 Å². The number of hydrogen-bond acceptors (Lipinski definition) is 4. The predicted octanol–water partition coefficient (Wildman–Crippen LogP) is 5.21. The van der Waals surface area contributed by atoms with Gasteiger partial charge < -0.3 is 18.9 Å². The quantitative estimate of drug-likeness (QED) is 0.638. The smallest absolute Gasteiger partial charge is 0.161 e. The van der Waals surface area contributed by atoms with Crippen LogP contribution in [0.25, 0.3) is 0 Å². The molecule has 0 aliphatic rings. The van der Waals surface area contributed by atoms with Crippen molar-refractivity contribution >= 4 is 0 Å². The van der Waals surface area contributed by atoms with Gasteiger partial charge in [-0.2, -0.15) is 0 Å². The van der Waals surface area contributed by atoms with E-state index in [4.69, 9.17) is 18.9 Å². The number of ether oxygens (including phenoxy) is 4. The van der Waals surface area contributed by atoms with Crippen LogP contribution in [-0.4, -0.2) is 28.4 Å². The van der Waals surface area contributed by atoms with Crippen molar-refractivity contribution in [1.29, 1.82) is 0 Å². The molecule has 4 heteroatoms. The fourth-order valence-corrected chi connectivity index (χ4v) is 3.05. The molecule has 0 atom stereocenters. The molecular formula is C22H28O4. The standard InChI is InChI=1S/C22H28O4/c1-14(2)15(3)22(16-8-10-18(23-4)20(12-16)25-6)17-9-11-19(24-5)21(13-17)26-7/h8-13,22H,1-7H3. The van der Waals surface area contributed by atoms with E-state index in [0.29, 0.717) is 0 Å². The van der Waals surface area contributed by atoms with Crippen LogP contribution in [0, 0.1) is 0 Å². The summed E-state index contributed by atoms with van der Waals surface area (Å²) in [6, 6.07) is 12.1. The molecular weight excluding hydrogens is 328 g/mol. The van der Waals surface area contributed by atoms with E-state index in [1.807, 2.05) is 24.3 Å². The maximum Gasteiger partial charge on any atom is 0.161 e. The second-order valence-electron chi connectivity index (χ2n) is 6.34. The van der Waals surface area contributed by atoms with Gasteiger partial charge in [0.25, 0.3) is 0 Å². The molecule has 0 heterocycles. The number of benzene rings is 2. The lowest BCUT2D eigenvalue weighted by Gasteiger charge is -2.23. The summed E-state index contributed by atoms with van der Waals surface area (Å²) < 4.78 is 21.8. The van der Waals surface area contributed by atoms with Crippen LogP contribution in [0.4, 0.5) is 0 Å². The van der Waals surface area contributed by atoms with E-state index in [9.17, 15) is 0 Å². The van der Waals surface area contributed by atoms with Crippen LogP contribution in [0.2, 0.25) is 0 Å². The summed E-state index contributed by atoms with van der Waals surface area (Å²) in [5.41, 5.74) is 4.83. The molecule has 26 heavy (non-hydrogen) atoms. The molecule has 2 aromatic rings. The van der Waals surface area contributed by atoms with Crippen molar-refractivity contribution in [3.63, 3.8) is 0 Å². The van der Waals surface area contributed by atoms with Gasteiger partial charge in [0.2, 0.25) is 0 Å². The highest BCUT2D eigenvalue weighted by Gasteiger charge is 2.21. The lowest BCUT2D eigenvalue weighted by molar-refractivity contribution is 0.354. The molecule has 0 fully saturated rings. The average molecular weight is 356 g/mol. The maximum atomic E-state index is 5.50. The van der Waals surface area contributed by atoms with Crippen LogP contribution < -0.4 is 18.9 Å². The first kappa shape index (κ1) is 19.7. The molecule has 0 saturated carbocycles. The van der Waals surface area contributed by atoms with Gasteiger partial charge in [-0.25, -0.2) is 0 Å². The van der Waals surface area contributed by atoms with Crippen LogP contribution in [-0.2, 0) is 0 Å². The molecule has 4 nitrogen and oxygen atoms in total. The zero-order valence-electron chi connectivity index (χ0n) is 16.7. The minimum Gasteiger partial charge on any atom is -0.493 e. The fraction of sp³-hybridized carbons (Fsp3) is 0.364. The zero-order chi connectivity index (χ0) is 19.3. The number of rotatable bonds is 7. The zero-order valence-corrected chi connectivity index (χ0v) is 16.7. The minimum atomic E-state index is 0.0830. The van der Waals surface area contributed by atoms with E-state index in [1.54, 1.807) is 28.4 Å². The third kappa shape index (κ3) is 3.96. The Labute approximate surface area is 156 Å². The Morgan fingerprint density at radius 2 is 1.00 bits per heavy atom. The first-order valence-electron chi connectivity index (χ1n) is 8.54. The van der Waals surface area contributed by atoms with Gasteiger partial charge in [-0.1, -0.05) is 23.3 Å². The van der Waals surface area contributed by atoms with E-state index < -0.39 is 0 Å². The van der Waals surface area contributed by atoms with Gasteiger partial charge in [0, 0.05) is 5.92 Å². The van der Waals surface area contributed by atoms with E-state index in [-0.39, 0.29) is 5.92 Å². The summed E-state index contributed by atoms with van der Waals surface area (Å²) in [6.07, 6.45) is 0. The molecule has 0 spiro atoms. The van der Waals surface area contributed by atoms with Crippen LogP contribution >= 0.6 is 0 Å². The van der Waals surface area contributed by atoms with Gasteiger partial charge in [0.05, 0.1) is 28.4 Å². The first-order valence-corrected chi connectivity index (χ1v) is 8.54. The largest absolute Gasteiger partial charge is 0.493 e. The van der Waals surface area contributed by atoms with Crippen LogP contribution in [0.3, 0.4) is 0 Å². The molecule has 0 aromatic heterocycles. The molecule has 0 N–H and O–H groups in total. The molecule has 0 aliphatic carbocycles. The topological polar surface area (TPSA) is 36.9 Å². The Bertz CT molecular complexity index is 733. The first-order chi connectivity index (χ1) is 12.5. The summed E-state index contributed by atoms with van der Waals surface area (Å²) >= 11 is 0. The van der Waals surface area contributed by atoms with E-state index >= 15 is 0 Å². The normalized spacial score (nSPS) is 10.5. The molecule has 0 aliphatic heterocycles. The Morgan fingerprint density at radius 3 is 1.31 bits per heavy atom. The fourth-order valence-electron chi connectivity index (χ4n) is 3.05. The summed E-state index contributed by atoms with van der Waals surface area (Å²) in [5.74, 6) is 2.96. The van der Waals surface area contributed by atoms with Crippen molar-refractivity contribution < 1.29 is 18.9 Å². The maximum absolute atomic E-state index is 5.50. The second kappa shape index (κ2) is 8.65. The van der Waals surface area contributed by atoms with Crippen LogP contribution in [0.1, 0.15) is 37.8 Å². The van der Waals surface area contributed by atoms with E-state index in [1.165, 1.54) is 11.1 Å². The highest BCUT2D eigenvalue weighted by atomic mass is 16.5. The van der Waals surface area contributed by atoms with Crippen molar-refractivity contribution in [2.45, 2.75) is 26.7 Å². The molecule has 0 saturated heterocycles. The Balaban J connectivity index is 2.64. The summed E-state index contributed by atoms with van der Waals surface area (Å²) in [6.45, 7) is 6.42. The lowest BCUT2D eigenvalue weighted by Crippen LogP contribution is -2.06. The monoisotopic (exact) mass is 356 g/mol. The minimum absolute atomic E-state index is 0.0830. The van der Waals surface area contributed by atoms with E-state index in [0.717, 1.165) is 34.1 Å². The summed E-state index contributed by atoms with van der Waals surface area (Å²) in [4.78, 5) is 0. The second-order valence-corrected chi connectivity index (χ2v) is 6.34. The summed E-state index contributed by atoms with van der Waals surface area (Å²) in [7, 11) is 6.59. The van der Waals surface area contributed by atoms with Crippen molar-refractivity contribution in [3.8, 4) is 23.0 Å². The molecule has 0 radical (unpaired) electrons. The van der Waals surface area contributed by atoms with E-state index in [2.05, 4.69) is 32.9 Å². The molecule has 2 rings (SSSR count). The molecule has 0 unspecified atom stereocenters. The van der Waals surface area contributed by atoms with Gasteiger partial charge in [0.15, 0.2) is 23.0 Å². The van der Waals surface area contributed by atoms with Crippen molar-refractivity contribution in [2.24, 2.45) is 0 Å². The Hall–Kier alpha value is -2.62. The van der Waals surface area contributed by atoms with Crippen molar-refractivity contribution in [3.05, 3.63) is 58.7 Å². The SMILES string of the molecule is COc1ccc(C(C(C)=C(C)C)c2ccc(OC)c(OC)c2)cc1OC. The van der Waals surface area contributed by atoms with Crippen LogP contribution in [0.5, 0.6) is 23.0 Å². The predicted molar refractivity (Wildman–Crippen MR) is 105 cm³/mol. The van der Waals surface area contributed by atoms with Crippen molar-refractivity contribution in [2.75, 3.05) is 28.4 Å². The molecule has 0 amide bonds. The molecule has 0 bridgehead atoms. The van der Waals surface area contributed by atoms with Gasteiger partial charge in [-0.3, -0.25) is 0 Å². The highest BCUT2D eigenvalue weighted by Crippen LogP contribution is 2.40. The summed E-state index contributed by atoms with van der Waals surface area (Å²) in [5, 5.41) is 0. The Morgan fingerprint density at radius 1 is 0.615 bits per heavy atom. The molecule has 2 aromatic carbocycles. The van der Waals surface area contributed by atoms with Gasteiger partial charge >= 0.3 is 0 Å². The number of methoxy groups -OCH3 is 4. The number of hydrogen-bond donors (Lipinski definition) is 0. The third-order valence-corrected chi connectivity index (χ3v) is 4.70. The average Bonchev–Trinajstić information content (AvgIpc) is 2.67. The number of allylic oxidation sites excluding steroid dienone is 2. The lowest BCUT2D eigenvalue weighted by atomic mass is 9.83. The van der Waals surface area contributed by atoms with Crippen molar-refractivity contribution in [1.82, 2.24) is 0 Å². The Kier molecular flexibility index (Phi) is 6.56. The third-order valence-electron chi connectivity index (χ3n) is 4.70. The van der Waals surface area contributed by atoms with Gasteiger partial charge in [0.1, 0.15) is 0 Å².